The van der Waals surface area contributed by atoms with Crippen molar-refractivity contribution in [1.29, 1.82) is 5.26 Å². The average Bonchev–Trinajstić information content (AvgIpc) is 3.15. The van der Waals surface area contributed by atoms with Crippen LogP contribution in [0.25, 0.3) is 0 Å². The summed E-state index contributed by atoms with van der Waals surface area (Å²) in [5.74, 6) is -0.299. The number of hydrogen-bond donors (Lipinski definition) is 2. The first kappa shape index (κ1) is 26.0. The molecule has 2 aromatic rings. The van der Waals surface area contributed by atoms with Crippen LogP contribution < -0.4 is 20.4 Å². The molecule has 0 spiro atoms. The Bertz CT molecular complexity index is 1260. The standard InChI is InChI=1S/C29H33N5O3/c1-19-17-20(28(37)31-21-9-5-4-6-10-21)13-14-23(19)32-27(36)16-15-26(35)22(18-30)29-33(2)24-11-7-8-12-25(24)34(29)3/h7-8,11-14,17,21H,4-6,9-10,15-16H2,1-3H3,(H,31,37)(H,32,36). The number of benzene rings is 2. The van der Waals surface area contributed by atoms with Gasteiger partial charge in [-0.1, -0.05) is 31.4 Å². The smallest absolute Gasteiger partial charge is 0.251 e. The van der Waals surface area contributed by atoms with Crippen LogP contribution >= 0.6 is 0 Å². The summed E-state index contributed by atoms with van der Waals surface area (Å²) in [6.45, 7) is 1.83. The number of amides is 2. The first-order valence-corrected chi connectivity index (χ1v) is 12.8. The van der Waals surface area contributed by atoms with E-state index in [2.05, 4.69) is 10.6 Å². The monoisotopic (exact) mass is 499 g/mol. The summed E-state index contributed by atoms with van der Waals surface area (Å²) < 4.78 is 0. The molecule has 0 unspecified atom stereocenters. The maximum Gasteiger partial charge on any atom is 0.251 e. The normalized spacial score (nSPS) is 15.1. The van der Waals surface area contributed by atoms with E-state index in [9.17, 15) is 19.6 Å². The molecule has 0 aromatic heterocycles. The number of fused-ring (bicyclic) bond motifs is 1. The van der Waals surface area contributed by atoms with E-state index in [-0.39, 0.29) is 42.1 Å². The molecule has 1 aliphatic carbocycles. The van der Waals surface area contributed by atoms with Crippen molar-refractivity contribution >= 4 is 34.7 Å². The van der Waals surface area contributed by atoms with Crippen LogP contribution in [0.15, 0.2) is 53.9 Å². The molecular formula is C29H33N5O3. The number of ketones is 1. The van der Waals surface area contributed by atoms with Gasteiger partial charge in [-0.3, -0.25) is 14.4 Å². The van der Waals surface area contributed by atoms with E-state index in [0.29, 0.717) is 17.1 Å². The first-order chi connectivity index (χ1) is 17.8. The zero-order chi connectivity index (χ0) is 26.5. The third kappa shape index (κ3) is 5.67. The van der Waals surface area contributed by atoms with Gasteiger partial charge in [-0.15, -0.1) is 0 Å². The minimum atomic E-state index is -0.384. The Morgan fingerprint density at radius 1 is 0.973 bits per heavy atom. The van der Waals surface area contributed by atoms with Gasteiger partial charge in [-0.05, 0) is 55.7 Å². The molecule has 192 valence electrons. The zero-order valence-electron chi connectivity index (χ0n) is 21.6. The zero-order valence-corrected chi connectivity index (χ0v) is 21.6. The highest BCUT2D eigenvalue weighted by atomic mass is 16.2. The van der Waals surface area contributed by atoms with E-state index >= 15 is 0 Å². The molecule has 0 radical (unpaired) electrons. The van der Waals surface area contributed by atoms with Crippen molar-refractivity contribution in [3.05, 3.63) is 65.0 Å². The highest BCUT2D eigenvalue weighted by Crippen LogP contribution is 2.40. The molecule has 1 fully saturated rings. The van der Waals surface area contributed by atoms with Gasteiger partial charge in [-0.2, -0.15) is 5.26 Å². The number of Topliss-reactive ketones (excluding diaryl/α,β-unsaturated/α-hetero) is 1. The van der Waals surface area contributed by atoms with Gasteiger partial charge < -0.3 is 20.4 Å². The van der Waals surface area contributed by atoms with Crippen LogP contribution in [0.1, 0.15) is 60.9 Å². The number of allylic oxidation sites excluding steroid dienone is 1. The highest BCUT2D eigenvalue weighted by molar-refractivity contribution is 6.05. The Morgan fingerprint density at radius 3 is 2.22 bits per heavy atom. The van der Waals surface area contributed by atoms with E-state index in [0.717, 1.165) is 42.6 Å². The van der Waals surface area contributed by atoms with Crippen molar-refractivity contribution in [2.45, 2.75) is 57.9 Å². The Morgan fingerprint density at radius 2 is 1.62 bits per heavy atom. The van der Waals surface area contributed by atoms with Crippen molar-refractivity contribution in [2.24, 2.45) is 0 Å². The SMILES string of the molecule is Cc1cc(C(=O)NC2CCCCC2)ccc1NC(=O)CCC(=O)C(C#N)=C1N(C)c2ccccc2N1C. The number of carbonyl (C=O) groups is 3. The first-order valence-electron chi connectivity index (χ1n) is 12.8. The van der Waals surface area contributed by atoms with E-state index in [4.69, 9.17) is 0 Å². The molecule has 2 amide bonds. The summed E-state index contributed by atoms with van der Waals surface area (Å²) in [4.78, 5) is 41.8. The van der Waals surface area contributed by atoms with Gasteiger partial charge in [0.1, 0.15) is 17.5 Å². The number of nitrogens with zero attached hydrogens (tertiary/aromatic N) is 3. The Labute approximate surface area is 217 Å². The summed E-state index contributed by atoms with van der Waals surface area (Å²) >= 11 is 0. The summed E-state index contributed by atoms with van der Waals surface area (Å²) in [5.41, 5.74) is 3.76. The third-order valence-corrected chi connectivity index (χ3v) is 7.14. The predicted molar refractivity (Wildman–Crippen MR) is 144 cm³/mol. The number of nitriles is 1. The molecule has 37 heavy (non-hydrogen) atoms. The quantitative estimate of drug-likeness (QED) is 0.424. The summed E-state index contributed by atoms with van der Waals surface area (Å²) in [6.07, 6.45) is 5.40. The number of rotatable bonds is 7. The molecular weight excluding hydrogens is 466 g/mol. The lowest BCUT2D eigenvalue weighted by molar-refractivity contribution is -0.120. The minimum Gasteiger partial charge on any atom is -0.349 e. The molecule has 4 rings (SSSR count). The molecule has 8 heteroatoms. The largest absolute Gasteiger partial charge is 0.349 e. The molecule has 2 aliphatic rings. The van der Waals surface area contributed by atoms with E-state index in [1.807, 2.05) is 61.2 Å². The Balaban J connectivity index is 1.36. The fraction of sp³-hybridized carbons (Fsp3) is 0.379. The van der Waals surface area contributed by atoms with Crippen molar-refractivity contribution in [3.63, 3.8) is 0 Å². The van der Waals surface area contributed by atoms with Crippen molar-refractivity contribution in [2.75, 3.05) is 29.2 Å². The van der Waals surface area contributed by atoms with E-state index in [1.165, 1.54) is 6.42 Å². The Kier molecular flexibility index (Phi) is 7.92. The lowest BCUT2D eigenvalue weighted by Gasteiger charge is -2.23. The van der Waals surface area contributed by atoms with Gasteiger partial charge in [0.2, 0.25) is 5.91 Å². The van der Waals surface area contributed by atoms with Gasteiger partial charge >= 0.3 is 0 Å². The second-order valence-electron chi connectivity index (χ2n) is 9.73. The van der Waals surface area contributed by atoms with E-state index in [1.54, 1.807) is 18.2 Å². The fourth-order valence-corrected chi connectivity index (χ4v) is 5.08. The van der Waals surface area contributed by atoms with Crippen LogP contribution in [-0.4, -0.2) is 37.7 Å². The topological polar surface area (TPSA) is 106 Å². The molecule has 0 bridgehead atoms. The number of aryl methyl sites for hydroxylation is 1. The lowest BCUT2D eigenvalue weighted by Crippen LogP contribution is -2.36. The van der Waals surface area contributed by atoms with Crippen LogP contribution in [0.4, 0.5) is 17.1 Å². The lowest BCUT2D eigenvalue weighted by atomic mass is 9.95. The summed E-state index contributed by atoms with van der Waals surface area (Å²) in [6, 6.07) is 15.1. The Hall–Kier alpha value is -4.12. The highest BCUT2D eigenvalue weighted by Gasteiger charge is 2.31. The molecule has 1 saturated carbocycles. The number of carbonyl (C=O) groups excluding carboxylic acids is 3. The fourth-order valence-electron chi connectivity index (χ4n) is 5.08. The van der Waals surface area contributed by atoms with Crippen LogP contribution in [0.5, 0.6) is 0 Å². The number of para-hydroxylation sites is 2. The maximum atomic E-state index is 13.0. The maximum absolute atomic E-state index is 13.0. The van der Waals surface area contributed by atoms with Crippen LogP contribution in [0.3, 0.4) is 0 Å². The van der Waals surface area contributed by atoms with Gasteiger partial charge in [-0.25, -0.2) is 0 Å². The number of hydrogen-bond acceptors (Lipinski definition) is 6. The van der Waals surface area contributed by atoms with Crippen LogP contribution in [-0.2, 0) is 9.59 Å². The molecule has 2 N–H and O–H groups in total. The molecule has 2 aromatic carbocycles. The third-order valence-electron chi connectivity index (χ3n) is 7.14. The molecule has 0 saturated heterocycles. The van der Waals surface area contributed by atoms with Gasteiger partial charge in [0, 0.05) is 44.2 Å². The minimum absolute atomic E-state index is 0.0264. The summed E-state index contributed by atoms with van der Waals surface area (Å²) in [5, 5.41) is 15.7. The number of anilines is 3. The number of nitrogens with one attached hydrogen (secondary N) is 2. The average molecular weight is 500 g/mol. The van der Waals surface area contributed by atoms with Gasteiger partial charge in [0.25, 0.3) is 5.91 Å². The van der Waals surface area contributed by atoms with Crippen molar-refractivity contribution in [3.8, 4) is 6.07 Å². The van der Waals surface area contributed by atoms with Gasteiger partial charge in [0.05, 0.1) is 11.4 Å². The van der Waals surface area contributed by atoms with Crippen LogP contribution in [0, 0.1) is 18.3 Å². The molecule has 1 heterocycles. The molecule has 1 aliphatic heterocycles. The van der Waals surface area contributed by atoms with Crippen molar-refractivity contribution in [1.82, 2.24) is 5.32 Å². The van der Waals surface area contributed by atoms with Crippen molar-refractivity contribution < 1.29 is 14.4 Å². The predicted octanol–water partition coefficient (Wildman–Crippen LogP) is 4.67. The summed E-state index contributed by atoms with van der Waals surface area (Å²) in [7, 11) is 3.63. The van der Waals surface area contributed by atoms with Crippen LogP contribution in [0.2, 0.25) is 0 Å². The second kappa shape index (κ2) is 11.3. The second-order valence-corrected chi connectivity index (χ2v) is 9.73. The molecule has 8 nitrogen and oxygen atoms in total. The molecule has 0 atom stereocenters. The van der Waals surface area contributed by atoms with E-state index < -0.39 is 0 Å². The van der Waals surface area contributed by atoms with Gasteiger partial charge in [0.15, 0.2) is 5.78 Å².